The van der Waals surface area contributed by atoms with Crippen molar-refractivity contribution < 1.29 is 14.3 Å². The summed E-state index contributed by atoms with van der Waals surface area (Å²) in [5.41, 5.74) is 3.26. The number of aromatic amines is 1. The molecule has 1 amide bonds. The second kappa shape index (κ2) is 8.32. The Kier molecular flexibility index (Phi) is 5.02. The molecule has 2 aliphatic heterocycles. The third-order valence-electron chi connectivity index (χ3n) is 7.57. The average Bonchev–Trinajstić information content (AvgIpc) is 3.48. The number of ether oxygens (including phenoxy) is 2. The fourth-order valence-corrected chi connectivity index (χ4v) is 5.66. The highest BCUT2D eigenvalue weighted by Gasteiger charge is 2.65. The molecule has 2 atom stereocenters. The lowest BCUT2D eigenvalue weighted by atomic mass is 9.91. The number of benzene rings is 2. The molecular formula is C26H24ClN7O3. The van der Waals surface area contributed by atoms with E-state index in [-0.39, 0.29) is 11.8 Å². The highest BCUT2D eigenvalue weighted by molar-refractivity contribution is 6.33. The summed E-state index contributed by atoms with van der Waals surface area (Å²) in [7, 11) is 1.64. The zero-order chi connectivity index (χ0) is 25.1. The van der Waals surface area contributed by atoms with Crippen LogP contribution in [0.2, 0.25) is 5.02 Å². The van der Waals surface area contributed by atoms with Gasteiger partial charge in [-0.1, -0.05) is 17.7 Å². The molecule has 0 unspecified atom stereocenters. The topological polar surface area (TPSA) is 117 Å². The average molecular weight is 518 g/mol. The van der Waals surface area contributed by atoms with Gasteiger partial charge in [-0.15, -0.1) is 0 Å². The van der Waals surface area contributed by atoms with E-state index in [0.717, 1.165) is 53.0 Å². The van der Waals surface area contributed by atoms with E-state index in [0.29, 0.717) is 35.8 Å². The Balaban J connectivity index is 1.17. The van der Waals surface area contributed by atoms with Gasteiger partial charge < -0.3 is 25.0 Å². The molecule has 37 heavy (non-hydrogen) atoms. The lowest BCUT2D eigenvalue weighted by molar-refractivity contribution is -0.118. The predicted molar refractivity (Wildman–Crippen MR) is 140 cm³/mol. The largest absolute Gasteiger partial charge is 0.497 e. The number of halogens is 1. The lowest BCUT2D eigenvalue weighted by Gasteiger charge is -2.27. The minimum atomic E-state index is -0.553. The monoisotopic (exact) mass is 517 g/mol. The first-order valence-corrected chi connectivity index (χ1v) is 12.5. The molecule has 4 aromatic rings. The van der Waals surface area contributed by atoms with Crippen molar-refractivity contribution in [2.45, 2.75) is 17.8 Å². The van der Waals surface area contributed by atoms with Crippen LogP contribution < -0.4 is 20.3 Å². The van der Waals surface area contributed by atoms with Crippen LogP contribution in [0.1, 0.15) is 23.5 Å². The molecule has 1 saturated heterocycles. The molecule has 10 nitrogen and oxygen atoms in total. The van der Waals surface area contributed by atoms with Gasteiger partial charge in [0.15, 0.2) is 11.6 Å². The molecule has 0 radical (unpaired) electrons. The third kappa shape index (κ3) is 3.51. The van der Waals surface area contributed by atoms with Gasteiger partial charge >= 0.3 is 0 Å². The van der Waals surface area contributed by atoms with Gasteiger partial charge in [0.05, 0.1) is 37.5 Å². The molecule has 2 aromatic heterocycles. The van der Waals surface area contributed by atoms with E-state index < -0.39 is 5.41 Å². The van der Waals surface area contributed by atoms with Gasteiger partial charge in [0.25, 0.3) is 0 Å². The van der Waals surface area contributed by atoms with E-state index in [9.17, 15) is 4.79 Å². The zero-order valence-electron chi connectivity index (χ0n) is 20.0. The molecule has 3 aliphatic rings. The van der Waals surface area contributed by atoms with Gasteiger partial charge in [0.2, 0.25) is 11.9 Å². The number of H-pyrrole nitrogens is 1. The smallest absolute Gasteiger partial charge is 0.235 e. The number of carbonyl (C=O) groups is 1. The molecule has 1 spiro atoms. The van der Waals surface area contributed by atoms with Crippen molar-refractivity contribution in [2.75, 3.05) is 48.9 Å². The van der Waals surface area contributed by atoms with E-state index in [4.69, 9.17) is 21.1 Å². The highest BCUT2D eigenvalue weighted by Crippen LogP contribution is 2.65. The Morgan fingerprint density at radius 2 is 2.05 bits per heavy atom. The van der Waals surface area contributed by atoms with Gasteiger partial charge in [-0.25, -0.2) is 4.98 Å². The van der Waals surface area contributed by atoms with Gasteiger partial charge in [-0.05, 0) is 47.9 Å². The molecule has 2 fully saturated rings. The number of fused-ring (bicyclic) bond motifs is 3. The third-order valence-corrected chi connectivity index (χ3v) is 7.85. The number of aromatic nitrogens is 4. The van der Waals surface area contributed by atoms with E-state index >= 15 is 0 Å². The summed E-state index contributed by atoms with van der Waals surface area (Å²) in [6.45, 7) is 2.74. The van der Waals surface area contributed by atoms with E-state index in [1.54, 1.807) is 13.3 Å². The normalized spacial score (nSPS) is 22.3. The first-order chi connectivity index (χ1) is 18.1. The second-order valence-corrected chi connectivity index (χ2v) is 9.97. The van der Waals surface area contributed by atoms with Crippen LogP contribution in [-0.2, 0) is 14.9 Å². The number of rotatable bonds is 5. The van der Waals surface area contributed by atoms with E-state index in [1.807, 2.05) is 24.3 Å². The van der Waals surface area contributed by atoms with Crippen LogP contribution in [0.3, 0.4) is 0 Å². The number of amides is 1. The van der Waals surface area contributed by atoms with E-state index in [2.05, 4.69) is 47.8 Å². The minimum Gasteiger partial charge on any atom is -0.497 e. The molecule has 3 N–H and O–H groups in total. The van der Waals surface area contributed by atoms with Crippen molar-refractivity contribution in [2.24, 2.45) is 0 Å². The quantitative estimate of drug-likeness (QED) is 0.364. The number of nitrogens with zero attached hydrogens (tertiary/aromatic N) is 4. The Bertz CT molecular complexity index is 1550. The Morgan fingerprint density at radius 3 is 2.89 bits per heavy atom. The van der Waals surface area contributed by atoms with Crippen LogP contribution in [-0.4, -0.2) is 59.5 Å². The number of hydrogen-bond acceptors (Lipinski definition) is 8. The second-order valence-electron chi connectivity index (χ2n) is 9.56. The fraction of sp³-hybridized carbons (Fsp3) is 0.308. The maximum atomic E-state index is 13.0. The Labute approximate surface area is 217 Å². The molecule has 1 saturated carbocycles. The first-order valence-electron chi connectivity index (χ1n) is 12.2. The highest BCUT2D eigenvalue weighted by atomic mass is 35.5. The van der Waals surface area contributed by atoms with Crippen LogP contribution >= 0.6 is 11.6 Å². The zero-order valence-corrected chi connectivity index (χ0v) is 20.8. The van der Waals surface area contributed by atoms with Crippen LogP contribution in [0.4, 0.5) is 23.3 Å². The van der Waals surface area contributed by atoms with Gasteiger partial charge in [-0.2, -0.15) is 10.1 Å². The maximum absolute atomic E-state index is 13.0. The summed E-state index contributed by atoms with van der Waals surface area (Å²) >= 11 is 6.41. The van der Waals surface area contributed by atoms with Crippen molar-refractivity contribution in [3.63, 3.8) is 0 Å². The Morgan fingerprint density at radius 1 is 1.19 bits per heavy atom. The first kappa shape index (κ1) is 22.3. The van der Waals surface area contributed by atoms with E-state index in [1.165, 1.54) is 0 Å². The molecule has 188 valence electrons. The van der Waals surface area contributed by atoms with Crippen molar-refractivity contribution in [3.8, 4) is 5.75 Å². The van der Waals surface area contributed by atoms with Crippen LogP contribution in [0.25, 0.3) is 10.9 Å². The van der Waals surface area contributed by atoms with Crippen molar-refractivity contribution in [3.05, 3.63) is 58.7 Å². The molecule has 11 heteroatoms. The van der Waals surface area contributed by atoms with Crippen LogP contribution in [0, 0.1) is 0 Å². The predicted octanol–water partition coefficient (Wildman–Crippen LogP) is 3.97. The number of hydrogen-bond donors (Lipinski definition) is 3. The van der Waals surface area contributed by atoms with Crippen molar-refractivity contribution in [1.82, 2.24) is 20.2 Å². The molecule has 0 bridgehead atoms. The summed E-state index contributed by atoms with van der Waals surface area (Å²) in [5.74, 6) is 2.59. The molecule has 7 rings (SSSR count). The number of anilines is 4. The standard InChI is InChI=1S/C26H24ClN7O3/c1-36-15-3-5-20-17(11-15)26(24(35)29-20)12-18(26)14-2-4-16-21(10-14)32-33-22(16)30-23-19(27)13-28-25(31-23)34-6-8-37-9-7-34/h2-5,10-11,13,18H,6-9,12H2,1H3,(H,29,35)(H2,28,30,31,32,33)/t18-,26-/m0/s1. The fourth-order valence-electron chi connectivity index (χ4n) is 5.52. The van der Waals surface area contributed by atoms with Gasteiger partial charge in [0, 0.05) is 30.1 Å². The molecular weight excluding hydrogens is 494 g/mol. The summed E-state index contributed by atoms with van der Waals surface area (Å²) in [6.07, 6.45) is 2.35. The summed E-state index contributed by atoms with van der Waals surface area (Å²) in [4.78, 5) is 24.1. The number of nitrogens with one attached hydrogen (secondary N) is 3. The maximum Gasteiger partial charge on any atom is 0.235 e. The summed E-state index contributed by atoms with van der Waals surface area (Å²) in [5, 5.41) is 15.2. The minimum absolute atomic E-state index is 0.0438. The SMILES string of the molecule is COc1ccc2c(c1)[C@]1(C[C@H]1c1ccc3c(Nc4nc(N5CCOCC5)ncc4Cl)n[nH]c3c1)C(=O)N2. The van der Waals surface area contributed by atoms with Crippen molar-refractivity contribution >= 4 is 51.7 Å². The number of carbonyl (C=O) groups excluding carboxylic acids is 1. The molecule has 1 aliphatic carbocycles. The molecule has 2 aromatic carbocycles. The van der Waals surface area contributed by atoms with Gasteiger partial charge in [-0.3, -0.25) is 9.89 Å². The van der Waals surface area contributed by atoms with Gasteiger partial charge in [0.1, 0.15) is 10.8 Å². The number of morpholine rings is 1. The number of methoxy groups -OCH3 is 1. The lowest BCUT2D eigenvalue weighted by Crippen LogP contribution is -2.37. The molecule has 4 heterocycles. The van der Waals surface area contributed by atoms with Crippen LogP contribution in [0.15, 0.2) is 42.6 Å². The summed E-state index contributed by atoms with van der Waals surface area (Å²) < 4.78 is 10.8. The van der Waals surface area contributed by atoms with Crippen LogP contribution in [0.5, 0.6) is 5.75 Å². The van der Waals surface area contributed by atoms with Crippen molar-refractivity contribution in [1.29, 1.82) is 0 Å². The summed E-state index contributed by atoms with van der Waals surface area (Å²) in [6, 6.07) is 11.9. The Hall–Kier alpha value is -3.89.